The summed E-state index contributed by atoms with van der Waals surface area (Å²) in [6.07, 6.45) is 0. The lowest BCUT2D eigenvalue weighted by Gasteiger charge is -2.34. The molecule has 0 bridgehead atoms. The zero-order valence-electron chi connectivity index (χ0n) is 32.2. The third-order valence-electron chi connectivity index (χ3n) is 12.1. The van der Waals surface area contributed by atoms with Crippen molar-refractivity contribution in [1.82, 2.24) is 9.13 Å². The summed E-state index contributed by atoms with van der Waals surface area (Å²) in [7, 11) is -2.73. The fraction of sp³-hybridized carbons (Fsp3) is 0. The van der Waals surface area contributed by atoms with Gasteiger partial charge in [0.05, 0.1) is 33.7 Å². The van der Waals surface area contributed by atoms with Gasteiger partial charge in [-0.15, -0.1) is 0 Å². The number of hydrogen-bond acceptors (Lipinski definition) is 1. The van der Waals surface area contributed by atoms with Crippen molar-refractivity contribution < 1.29 is 0 Å². The number of benzene rings is 9. The number of fused-ring (bicyclic) bond motifs is 6. The van der Waals surface area contributed by atoms with Crippen molar-refractivity contribution in [1.29, 1.82) is 5.26 Å². The average Bonchev–Trinajstić information content (AvgIpc) is 3.83. The molecule has 2 heterocycles. The van der Waals surface area contributed by atoms with E-state index in [4.69, 9.17) is 0 Å². The van der Waals surface area contributed by atoms with Gasteiger partial charge in [-0.1, -0.05) is 158 Å². The number of nitrogens with zero attached hydrogens (tertiary/aromatic N) is 3. The molecule has 3 nitrogen and oxygen atoms in total. The first-order valence-electron chi connectivity index (χ1n) is 20.1. The summed E-state index contributed by atoms with van der Waals surface area (Å²) in [5.74, 6) is 0. The van der Waals surface area contributed by atoms with Crippen LogP contribution in [0.5, 0.6) is 0 Å². The van der Waals surface area contributed by atoms with E-state index in [1.54, 1.807) is 0 Å². The molecule has 4 heteroatoms. The summed E-state index contributed by atoms with van der Waals surface area (Å²) < 4.78 is 4.72. The van der Waals surface area contributed by atoms with Crippen molar-refractivity contribution in [2.45, 2.75) is 0 Å². The highest BCUT2D eigenvalue weighted by atomic mass is 28.3. The van der Waals surface area contributed by atoms with Crippen LogP contribution in [0.15, 0.2) is 224 Å². The minimum Gasteiger partial charge on any atom is -0.309 e. The van der Waals surface area contributed by atoms with Crippen LogP contribution in [0, 0.1) is 11.3 Å². The maximum atomic E-state index is 9.67. The normalized spacial score (nSPS) is 11.7. The second kappa shape index (κ2) is 14.0. The zero-order chi connectivity index (χ0) is 39.3. The number of hydrogen-bond donors (Lipinski definition) is 0. The minimum absolute atomic E-state index is 0.647. The Morgan fingerprint density at radius 2 is 0.729 bits per heavy atom. The van der Waals surface area contributed by atoms with Crippen molar-refractivity contribution in [3.8, 4) is 28.6 Å². The van der Waals surface area contributed by atoms with Crippen LogP contribution in [0.2, 0.25) is 0 Å². The Bertz CT molecular complexity index is 3300. The van der Waals surface area contributed by atoms with E-state index in [-0.39, 0.29) is 0 Å². The van der Waals surface area contributed by atoms with Gasteiger partial charge in [-0.3, -0.25) is 0 Å². The van der Waals surface area contributed by atoms with E-state index in [0.29, 0.717) is 5.56 Å². The van der Waals surface area contributed by atoms with Crippen LogP contribution < -0.4 is 20.7 Å². The molecule has 0 atom stereocenters. The van der Waals surface area contributed by atoms with Gasteiger partial charge in [0.2, 0.25) is 0 Å². The third kappa shape index (κ3) is 5.48. The summed E-state index contributed by atoms with van der Waals surface area (Å²) >= 11 is 0. The lowest BCUT2D eigenvalue weighted by atomic mass is 10.0. The third-order valence-corrected chi connectivity index (χ3v) is 16.8. The van der Waals surface area contributed by atoms with Crippen LogP contribution in [-0.2, 0) is 0 Å². The molecule has 0 radical (unpaired) electrons. The van der Waals surface area contributed by atoms with Crippen molar-refractivity contribution >= 4 is 72.4 Å². The van der Waals surface area contributed by atoms with E-state index in [0.717, 1.165) is 28.0 Å². The Labute approximate surface area is 343 Å². The van der Waals surface area contributed by atoms with E-state index < -0.39 is 8.07 Å². The molecule has 0 saturated carbocycles. The number of para-hydroxylation sites is 2. The second-order valence-electron chi connectivity index (χ2n) is 15.2. The fourth-order valence-corrected chi connectivity index (χ4v) is 14.3. The Morgan fingerprint density at radius 1 is 0.322 bits per heavy atom. The summed E-state index contributed by atoms with van der Waals surface area (Å²) in [6.45, 7) is 0. The van der Waals surface area contributed by atoms with Crippen LogP contribution in [0.3, 0.4) is 0 Å². The van der Waals surface area contributed by atoms with Gasteiger partial charge in [-0.25, -0.2) is 0 Å². The Balaban J connectivity index is 1.09. The molecule has 9 aromatic carbocycles. The molecule has 59 heavy (non-hydrogen) atoms. The van der Waals surface area contributed by atoms with Crippen molar-refractivity contribution in [3.05, 3.63) is 230 Å². The highest BCUT2D eigenvalue weighted by Crippen LogP contribution is 2.38. The van der Waals surface area contributed by atoms with Crippen molar-refractivity contribution in [2.24, 2.45) is 0 Å². The van der Waals surface area contributed by atoms with Crippen LogP contribution in [0.25, 0.3) is 66.1 Å². The minimum atomic E-state index is -2.73. The molecule has 0 saturated heterocycles. The maximum absolute atomic E-state index is 9.67. The van der Waals surface area contributed by atoms with Crippen molar-refractivity contribution in [2.75, 3.05) is 0 Å². The van der Waals surface area contributed by atoms with Crippen LogP contribution in [-0.4, -0.2) is 17.2 Å². The smallest absolute Gasteiger partial charge is 0.179 e. The zero-order valence-corrected chi connectivity index (χ0v) is 33.2. The lowest BCUT2D eigenvalue weighted by molar-refractivity contribution is 1.18. The molecule has 0 unspecified atom stereocenters. The van der Waals surface area contributed by atoms with E-state index in [1.807, 2.05) is 18.2 Å². The van der Waals surface area contributed by atoms with Gasteiger partial charge in [0.25, 0.3) is 0 Å². The molecular formula is C55H37N3Si. The largest absolute Gasteiger partial charge is 0.309 e. The van der Waals surface area contributed by atoms with Gasteiger partial charge >= 0.3 is 0 Å². The molecule has 0 amide bonds. The predicted molar refractivity (Wildman–Crippen MR) is 249 cm³/mol. The number of aromatic nitrogens is 2. The fourth-order valence-electron chi connectivity index (χ4n) is 9.52. The van der Waals surface area contributed by atoms with Crippen molar-refractivity contribution in [3.63, 3.8) is 0 Å². The molecule has 0 spiro atoms. The maximum Gasteiger partial charge on any atom is 0.179 e. The summed E-state index contributed by atoms with van der Waals surface area (Å²) in [6, 6.07) is 83.9. The highest BCUT2D eigenvalue weighted by Gasteiger charge is 2.41. The van der Waals surface area contributed by atoms with E-state index in [1.165, 1.54) is 58.9 Å². The Kier molecular flexibility index (Phi) is 8.21. The molecule has 11 aromatic rings. The molecule has 2 aromatic heterocycles. The summed E-state index contributed by atoms with van der Waals surface area (Å²) in [4.78, 5) is 0. The first-order chi connectivity index (χ1) is 29.2. The van der Waals surface area contributed by atoms with Gasteiger partial charge in [-0.2, -0.15) is 5.26 Å². The highest BCUT2D eigenvalue weighted by molar-refractivity contribution is 7.19. The monoisotopic (exact) mass is 767 g/mol. The summed E-state index contributed by atoms with van der Waals surface area (Å²) in [5.41, 5.74) is 9.70. The molecule has 0 fully saturated rings. The first-order valence-corrected chi connectivity index (χ1v) is 22.1. The number of nitriles is 1. The van der Waals surface area contributed by atoms with Crippen LogP contribution in [0.1, 0.15) is 5.56 Å². The van der Waals surface area contributed by atoms with Crippen LogP contribution >= 0.6 is 0 Å². The average molecular weight is 768 g/mol. The lowest BCUT2D eigenvalue weighted by Crippen LogP contribution is -2.74. The van der Waals surface area contributed by atoms with E-state index >= 15 is 0 Å². The Morgan fingerprint density at radius 3 is 1.22 bits per heavy atom. The molecule has 0 aliphatic carbocycles. The molecule has 0 aliphatic rings. The quantitative estimate of drug-likeness (QED) is 0.117. The molecule has 0 N–H and O–H groups in total. The number of rotatable bonds is 7. The molecular weight excluding hydrogens is 731 g/mol. The van der Waals surface area contributed by atoms with E-state index in [2.05, 4.69) is 221 Å². The molecule has 276 valence electrons. The SMILES string of the molecule is N#Cc1cccc(-n2c3ccccc3c3cc(-c4ccc5c(c4)c4ccccc4n5-c4cccc([Si](c5ccccc5)(c5ccccc5)c5ccccc5)c4)ccc32)c1. The van der Waals surface area contributed by atoms with Gasteiger partial charge in [0.1, 0.15) is 0 Å². The Hall–Kier alpha value is -7.71. The molecule has 11 rings (SSSR count). The topological polar surface area (TPSA) is 33.6 Å². The van der Waals surface area contributed by atoms with E-state index in [9.17, 15) is 5.26 Å². The second-order valence-corrected chi connectivity index (χ2v) is 19.0. The summed E-state index contributed by atoms with van der Waals surface area (Å²) in [5, 5.41) is 19.9. The van der Waals surface area contributed by atoms with Crippen LogP contribution in [0.4, 0.5) is 0 Å². The predicted octanol–water partition coefficient (Wildman–Crippen LogP) is 10.8. The van der Waals surface area contributed by atoms with Gasteiger partial charge in [0.15, 0.2) is 8.07 Å². The van der Waals surface area contributed by atoms with Gasteiger partial charge < -0.3 is 9.13 Å². The molecule has 0 aliphatic heterocycles. The van der Waals surface area contributed by atoms with Gasteiger partial charge in [-0.05, 0) is 98.6 Å². The van der Waals surface area contributed by atoms with Gasteiger partial charge in [0, 0.05) is 32.9 Å². The first kappa shape index (κ1) is 34.5. The standard InChI is InChI=1S/C55H37N3Si/c56-38-39-16-14-17-42(34-39)57-52-28-12-10-26-48(52)50-35-40(30-32-54(50)57)41-31-33-55-51(36-41)49-27-11-13-29-53(49)58(55)43-18-15-25-47(37-43)59(44-19-4-1-5-20-44,45-21-6-2-7-22-45)46-23-8-3-9-24-46/h1-37H.